The second kappa shape index (κ2) is 6.48. The van der Waals surface area contributed by atoms with Gasteiger partial charge in [-0.2, -0.15) is 0 Å². The first-order chi connectivity index (χ1) is 8.78. The lowest BCUT2D eigenvalue weighted by Gasteiger charge is -2.16. The van der Waals surface area contributed by atoms with Crippen LogP contribution in [0.1, 0.15) is 30.9 Å². The first-order valence-electron chi connectivity index (χ1n) is 6.75. The number of thioether (sulfide) groups is 1. The normalized spacial score (nSPS) is 19.2. The van der Waals surface area contributed by atoms with Gasteiger partial charge in [-0.15, -0.1) is 11.8 Å². The van der Waals surface area contributed by atoms with Crippen molar-refractivity contribution in [3.8, 4) is 5.75 Å². The second-order valence-electron chi connectivity index (χ2n) is 4.83. The van der Waals surface area contributed by atoms with E-state index in [0.717, 1.165) is 18.6 Å². The van der Waals surface area contributed by atoms with Crippen molar-refractivity contribution in [1.29, 1.82) is 0 Å². The van der Waals surface area contributed by atoms with Crippen LogP contribution in [0, 0.1) is 0 Å². The number of hydrogen-bond acceptors (Lipinski definition) is 3. The van der Waals surface area contributed by atoms with Crippen LogP contribution in [0.5, 0.6) is 5.75 Å². The molecule has 1 aromatic carbocycles. The number of ether oxygens (including phenoxy) is 1. The van der Waals surface area contributed by atoms with Crippen molar-refractivity contribution in [2.24, 2.45) is 0 Å². The van der Waals surface area contributed by atoms with Crippen LogP contribution in [-0.4, -0.2) is 26.0 Å². The van der Waals surface area contributed by atoms with E-state index in [4.69, 9.17) is 4.74 Å². The van der Waals surface area contributed by atoms with Crippen LogP contribution in [-0.2, 0) is 12.8 Å². The van der Waals surface area contributed by atoms with Crippen LogP contribution in [0.4, 0.5) is 0 Å². The molecule has 0 amide bonds. The standard InChI is InChI=1S/C15H23NOS/c1-4-11-10-15(18-3)12(9-14(11)17-2)8-13-6-5-7-16-13/h9-10,13,16H,4-8H2,1-3H3. The van der Waals surface area contributed by atoms with Gasteiger partial charge in [0, 0.05) is 10.9 Å². The van der Waals surface area contributed by atoms with Crippen LogP contribution in [0.3, 0.4) is 0 Å². The maximum Gasteiger partial charge on any atom is 0.122 e. The van der Waals surface area contributed by atoms with E-state index in [-0.39, 0.29) is 0 Å². The predicted molar refractivity (Wildman–Crippen MR) is 78.9 cm³/mol. The summed E-state index contributed by atoms with van der Waals surface area (Å²) in [5.74, 6) is 1.04. The molecule has 0 bridgehead atoms. The zero-order valence-electron chi connectivity index (χ0n) is 11.6. The van der Waals surface area contributed by atoms with E-state index in [1.807, 2.05) is 11.8 Å². The molecule has 2 rings (SSSR count). The van der Waals surface area contributed by atoms with Crippen molar-refractivity contribution in [2.45, 2.75) is 43.5 Å². The highest BCUT2D eigenvalue weighted by atomic mass is 32.2. The van der Waals surface area contributed by atoms with Crippen LogP contribution in [0.2, 0.25) is 0 Å². The van der Waals surface area contributed by atoms with Gasteiger partial charge in [-0.25, -0.2) is 0 Å². The first-order valence-corrected chi connectivity index (χ1v) is 7.98. The Morgan fingerprint density at radius 3 is 2.78 bits per heavy atom. The highest BCUT2D eigenvalue weighted by Crippen LogP contribution is 2.31. The minimum Gasteiger partial charge on any atom is -0.496 e. The summed E-state index contributed by atoms with van der Waals surface area (Å²) in [6, 6.07) is 5.19. The van der Waals surface area contributed by atoms with Gasteiger partial charge >= 0.3 is 0 Å². The van der Waals surface area contributed by atoms with Crippen LogP contribution < -0.4 is 10.1 Å². The van der Waals surface area contributed by atoms with Gasteiger partial charge in [0.05, 0.1) is 7.11 Å². The SMILES string of the molecule is CCc1cc(SC)c(CC2CCCN2)cc1OC. The fourth-order valence-corrected chi connectivity index (χ4v) is 3.32. The van der Waals surface area contributed by atoms with Crippen LogP contribution >= 0.6 is 11.8 Å². The highest BCUT2D eigenvalue weighted by Gasteiger charge is 2.17. The first kappa shape index (κ1) is 13.8. The molecule has 2 nitrogen and oxygen atoms in total. The third-order valence-electron chi connectivity index (χ3n) is 3.69. The summed E-state index contributed by atoms with van der Waals surface area (Å²) in [4.78, 5) is 1.40. The number of aryl methyl sites for hydroxylation is 1. The van der Waals surface area contributed by atoms with Gasteiger partial charge < -0.3 is 10.1 Å². The van der Waals surface area contributed by atoms with Gasteiger partial charge in [0.15, 0.2) is 0 Å². The van der Waals surface area contributed by atoms with E-state index in [0.29, 0.717) is 6.04 Å². The average Bonchev–Trinajstić information content (AvgIpc) is 2.91. The van der Waals surface area contributed by atoms with E-state index < -0.39 is 0 Å². The highest BCUT2D eigenvalue weighted by molar-refractivity contribution is 7.98. The number of methoxy groups -OCH3 is 1. The van der Waals surface area contributed by atoms with Gasteiger partial charge in [-0.05, 0) is 61.7 Å². The minimum atomic E-state index is 0.646. The summed E-state index contributed by atoms with van der Waals surface area (Å²) in [5.41, 5.74) is 2.74. The lowest BCUT2D eigenvalue weighted by atomic mass is 10.0. The molecule has 1 unspecified atom stereocenters. The van der Waals surface area contributed by atoms with Crippen molar-refractivity contribution in [2.75, 3.05) is 19.9 Å². The number of rotatable bonds is 5. The topological polar surface area (TPSA) is 21.3 Å². The zero-order valence-corrected chi connectivity index (χ0v) is 12.4. The summed E-state index contributed by atoms with van der Waals surface area (Å²) in [5, 5.41) is 3.57. The monoisotopic (exact) mass is 265 g/mol. The Labute approximate surface area is 114 Å². The van der Waals surface area contributed by atoms with Crippen LogP contribution in [0.25, 0.3) is 0 Å². The molecule has 1 saturated heterocycles. The average molecular weight is 265 g/mol. The van der Waals surface area contributed by atoms with Crippen molar-refractivity contribution >= 4 is 11.8 Å². The Morgan fingerprint density at radius 2 is 2.22 bits per heavy atom. The molecular weight excluding hydrogens is 242 g/mol. The molecule has 1 fully saturated rings. The van der Waals surface area contributed by atoms with E-state index in [9.17, 15) is 0 Å². The molecule has 1 N–H and O–H groups in total. The van der Waals surface area contributed by atoms with E-state index in [1.165, 1.54) is 35.4 Å². The summed E-state index contributed by atoms with van der Waals surface area (Å²) in [6.45, 7) is 3.35. The van der Waals surface area contributed by atoms with Crippen molar-refractivity contribution in [1.82, 2.24) is 5.32 Å². The lowest BCUT2D eigenvalue weighted by molar-refractivity contribution is 0.408. The maximum absolute atomic E-state index is 5.51. The molecule has 1 aromatic rings. The van der Waals surface area contributed by atoms with Crippen molar-refractivity contribution in [3.63, 3.8) is 0 Å². The zero-order chi connectivity index (χ0) is 13.0. The third-order valence-corrected chi connectivity index (χ3v) is 4.51. The quantitative estimate of drug-likeness (QED) is 0.826. The van der Waals surface area contributed by atoms with E-state index in [1.54, 1.807) is 7.11 Å². The molecule has 1 aliphatic heterocycles. The van der Waals surface area contributed by atoms with E-state index >= 15 is 0 Å². The summed E-state index contributed by atoms with van der Waals surface area (Å²) in [6.07, 6.45) is 6.91. The Morgan fingerprint density at radius 1 is 1.39 bits per heavy atom. The van der Waals surface area contributed by atoms with E-state index in [2.05, 4.69) is 30.6 Å². The molecular formula is C15H23NOS. The molecule has 3 heteroatoms. The lowest BCUT2D eigenvalue weighted by Crippen LogP contribution is -2.23. The number of benzene rings is 1. The molecule has 0 spiro atoms. The van der Waals surface area contributed by atoms with Crippen molar-refractivity contribution in [3.05, 3.63) is 23.3 Å². The Balaban J connectivity index is 2.26. The van der Waals surface area contributed by atoms with Gasteiger partial charge in [0.2, 0.25) is 0 Å². The molecule has 1 aliphatic rings. The van der Waals surface area contributed by atoms with Crippen molar-refractivity contribution < 1.29 is 4.74 Å². The molecule has 0 aliphatic carbocycles. The van der Waals surface area contributed by atoms with Gasteiger partial charge in [-0.3, -0.25) is 0 Å². The summed E-state index contributed by atoms with van der Waals surface area (Å²) in [7, 11) is 1.77. The molecule has 1 heterocycles. The third kappa shape index (κ3) is 3.01. The van der Waals surface area contributed by atoms with Gasteiger partial charge in [-0.1, -0.05) is 6.92 Å². The predicted octanol–water partition coefficient (Wildman–Crippen LogP) is 3.27. The molecule has 0 aromatic heterocycles. The summed E-state index contributed by atoms with van der Waals surface area (Å²) < 4.78 is 5.51. The van der Waals surface area contributed by atoms with Crippen LogP contribution in [0.15, 0.2) is 17.0 Å². The molecule has 100 valence electrons. The fourth-order valence-electron chi connectivity index (χ4n) is 2.66. The fraction of sp³-hybridized carbons (Fsp3) is 0.600. The largest absolute Gasteiger partial charge is 0.496 e. The smallest absolute Gasteiger partial charge is 0.122 e. The van der Waals surface area contributed by atoms with Gasteiger partial charge in [0.25, 0.3) is 0 Å². The molecule has 0 radical (unpaired) electrons. The molecule has 1 atom stereocenters. The minimum absolute atomic E-state index is 0.646. The number of nitrogens with one attached hydrogen (secondary N) is 1. The molecule has 0 saturated carbocycles. The number of hydrogen-bond donors (Lipinski definition) is 1. The second-order valence-corrected chi connectivity index (χ2v) is 5.67. The Kier molecular flexibility index (Phi) is 4.95. The summed E-state index contributed by atoms with van der Waals surface area (Å²) >= 11 is 1.84. The van der Waals surface area contributed by atoms with Gasteiger partial charge in [0.1, 0.15) is 5.75 Å². The molecule has 18 heavy (non-hydrogen) atoms. The maximum atomic E-state index is 5.51. The Bertz CT molecular complexity index is 400. The Hall–Kier alpha value is -0.670.